The number of benzene rings is 1. The third-order valence-electron chi connectivity index (χ3n) is 2.82. The highest BCUT2D eigenvalue weighted by molar-refractivity contribution is 7.99. The van der Waals surface area contributed by atoms with E-state index in [2.05, 4.69) is 19.2 Å². The number of nitrogens with one attached hydrogen (secondary N) is 1. The van der Waals surface area contributed by atoms with Crippen LogP contribution in [0.4, 0.5) is 4.39 Å². The molecule has 0 radical (unpaired) electrons. The molecule has 1 nitrogen and oxygen atoms in total. The molecule has 1 N–H and O–H groups in total. The van der Waals surface area contributed by atoms with E-state index in [1.807, 2.05) is 18.8 Å². The van der Waals surface area contributed by atoms with Gasteiger partial charge in [-0.2, -0.15) is 11.8 Å². The SMILES string of the molecule is CCC(C)SCC(NC)c1c(F)cccc1Cl. The first-order valence-corrected chi connectivity index (χ1v) is 7.25. The van der Waals surface area contributed by atoms with Gasteiger partial charge in [-0.1, -0.05) is 31.5 Å². The Labute approximate surface area is 112 Å². The Balaban J connectivity index is 2.79. The fourth-order valence-corrected chi connectivity index (χ4v) is 2.92. The van der Waals surface area contributed by atoms with Crippen LogP contribution in [0.5, 0.6) is 0 Å². The summed E-state index contributed by atoms with van der Waals surface area (Å²) in [5.41, 5.74) is 0.576. The zero-order chi connectivity index (χ0) is 12.8. The minimum Gasteiger partial charge on any atom is -0.312 e. The van der Waals surface area contributed by atoms with Gasteiger partial charge in [0.05, 0.1) is 0 Å². The van der Waals surface area contributed by atoms with Gasteiger partial charge in [-0.3, -0.25) is 0 Å². The highest BCUT2D eigenvalue weighted by atomic mass is 35.5. The number of hydrogen-bond donors (Lipinski definition) is 1. The predicted octanol–water partition coefficient (Wildman–Crippen LogP) is 4.27. The van der Waals surface area contributed by atoms with Gasteiger partial charge in [0.2, 0.25) is 0 Å². The Morgan fingerprint density at radius 2 is 2.18 bits per heavy atom. The highest BCUT2D eigenvalue weighted by Gasteiger charge is 2.18. The third kappa shape index (κ3) is 4.16. The maximum absolute atomic E-state index is 13.8. The average molecular weight is 276 g/mol. The van der Waals surface area contributed by atoms with E-state index in [1.165, 1.54) is 6.07 Å². The molecule has 0 saturated carbocycles. The number of thioether (sulfide) groups is 1. The van der Waals surface area contributed by atoms with Crippen molar-refractivity contribution in [1.82, 2.24) is 5.32 Å². The van der Waals surface area contributed by atoms with Crippen molar-refractivity contribution in [2.24, 2.45) is 0 Å². The molecule has 0 fully saturated rings. The first-order valence-electron chi connectivity index (χ1n) is 5.82. The molecular weight excluding hydrogens is 257 g/mol. The first kappa shape index (κ1) is 14.8. The van der Waals surface area contributed by atoms with Crippen LogP contribution in [-0.2, 0) is 0 Å². The van der Waals surface area contributed by atoms with Gasteiger partial charge in [0.15, 0.2) is 0 Å². The van der Waals surface area contributed by atoms with E-state index in [0.717, 1.165) is 12.2 Å². The van der Waals surface area contributed by atoms with Crippen molar-refractivity contribution >= 4 is 23.4 Å². The van der Waals surface area contributed by atoms with Crippen LogP contribution < -0.4 is 5.32 Å². The van der Waals surface area contributed by atoms with Crippen molar-refractivity contribution in [3.8, 4) is 0 Å². The van der Waals surface area contributed by atoms with Gasteiger partial charge in [0.25, 0.3) is 0 Å². The molecule has 1 aromatic rings. The molecule has 17 heavy (non-hydrogen) atoms. The van der Waals surface area contributed by atoms with E-state index in [-0.39, 0.29) is 11.9 Å². The van der Waals surface area contributed by atoms with Gasteiger partial charge in [-0.05, 0) is 25.6 Å². The second kappa shape index (κ2) is 7.24. The second-order valence-electron chi connectivity index (χ2n) is 4.03. The Morgan fingerprint density at radius 3 is 2.71 bits per heavy atom. The van der Waals surface area contributed by atoms with Crippen molar-refractivity contribution in [3.63, 3.8) is 0 Å². The van der Waals surface area contributed by atoms with Crippen molar-refractivity contribution in [2.45, 2.75) is 31.6 Å². The molecule has 0 aliphatic heterocycles. The molecule has 96 valence electrons. The summed E-state index contributed by atoms with van der Waals surface area (Å²) < 4.78 is 13.8. The molecule has 0 aliphatic rings. The summed E-state index contributed by atoms with van der Waals surface area (Å²) >= 11 is 7.90. The van der Waals surface area contributed by atoms with E-state index in [9.17, 15) is 4.39 Å². The van der Waals surface area contributed by atoms with Crippen LogP contribution in [0.1, 0.15) is 31.9 Å². The van der Waals surface area contributed by atoms with Crippen LogP contribution in [0.25, 0.3) is 0 Å². The van der Waals surface area contributed by atoms with Crippen molar-refractivity contribution in [2.75, 3.05) is 12.8 Å². The molecule has 1 rings (SSSR count). The highest BCUT2D eigenvalue weighted by Crippen LogP contribution is 2.29. The van der Waals surface area contributed by atoms with E-state index >= 15 is 0 Å². The topological polar surface area (TPSA) is 12.0 Å². The number of hydrogen-bond acceptors (Lipinski definition) is 2. The van der Waals surface area contributed by atoms with Crippen LogP contribution in [-0.4, -0.2) is 18.1 Å². The second-order valence-corrected chi connectivity index (χ2v) is 5.91. The largest absolute Gasteiger partial charge is 0.312 e. The Bertz CT molecular complexity index is 339. The summed E-state index contributed by atoms with van der Waals surface area (Å²) in [6.45, 7) is 4.34. The lowest BCUT2D eigenvalue weighted by Gasteiger charge is -2.20. The van der Waals surface area contributed by atoms with Crippen molar-refractivity contribution in [1.29, 1.82) is 0 Å². The maximum Gasteiger partial charge on any atom is 0.129 e. The number of halogens is 2. The van der Waals surface area contributed by atoms with E-state index in [0.29, 0.717) is 15.8 Å². The standard InChI is InChI=1S/C13H19ClFNS/c1-4-9(2)17-8-12(16-3)13-10(14)6-5-7-11(13)15/h5-7,9,12,16H,4,8H2,1-3H3. The number of rotatable bonds is 6. The van der Waals surface area contributed by atoms with E-state index in [1.54, 1.807) is 12.1 Å². The van der Waals surface area contributed by atoms with E-state index < -0.39 is 0 Å². The summed E-state index contributed by atoms with van der Waals surface area (Å²) in [4.78, 5) is 0. The molecule has 0 saturated heterocycles. The molecule has 1 aromatic carbocycles. The lowest BCUT2D eigenvalue weighted by molar-refractivity contribution is 0.565. The van der Waals surface area contributed by atoms with Gasteiger partial charge in [-0.25, -0.2) is 4.39 Å². The zero-order valence-corrected chi connectivity index (χ0v) is 12.0. The molecule has 0 heterocycles. The van der Waals surface area contributed by atoms with E-state index in [4.69, 9.17) is 11.6 Å². The van der Waals surface area contributed by atoms with Crippen LogP contribution >= 0.6 is 23.4 Å². The molecule has 4 heteroatoms. The summed E-state index contributed by atoms with van der Waals surface area (Å²) in [6, 6.07) is 4.79. The first-order chi connectivity index (χ1) is 8.10. The molecule has 0 bridgehead atoms. The smallest absolute Gasteiger partial charge is 0.129 e. The predicted molar refractivity (Wildman–Crippen MR) is 75.4 cm³/mol. The van der Waals surface area contributed by atoms with Gasteiger partial charge < -0.3 is 5.32 Å². The minimum absolute atomic E-state index is 0.0392. The Hall–Kier alpha value is -0.250. The fourth-order valence-electron chi connectivity index (χ4n) is 1.53. The third-order valence-corrected chi connectivity index (χ3v) is 4.58. The quantitative estimate of drug-likeness (QED) is 0.832. The Kier molecular flexibility index (Phi) is 6.31. The molecule has 0 aromatic heterocycles. The molecule has 0 spiro atoms. The monoisotopic (exact) mass is 275 g/mol. The van der Waals surface area contributed by atoms with Gasteiger partial charge in [0.1, 0.15) is 5.82 Å². The van der Waals surface area contributed by atoms with Crippen LogP contribution in [0.3, 0.4) is 0 Å². The van der Waals surface area contributed by atoms with Gasteiger partial charge >= 0.3 is 0 Å². The van der Waals surface area contributed by atoms with Gasteiger partial charge in [-0.15, -0.1) is 0 Å². The van der Waals surface area contributed by atoms with Crippen molar-refractivity contribution in [3.05, 3.63) is 34.6 Å². The summed E-state index contributed by atoms with van der Waals surface area (Å²) in [5, 5.41) is 4.21. The molecule has 0 aliphatic carbocycles. The van der Waals surface area contributed by atoms with Crippen LogP contribution in [0.15, 0.2) is 18.2 Å². The summed E-state index contributed by atoms with van der Waals surface area (Å²) in [7, 11) is 1.84. The maximum atomic E-state index is 13.8. The van der Waals surface area contributed by atoms with Crippen LogP contribution in [0, 0.1) is 5.82 Å². The Morgan fingerprint density at radius 1 is 1.47 bits per heavy atom. The summed E-state index contributed by atoms with van der Waals surface area (Å²) in [5.74, 6) is 0.591. The average Bonchev–Trinajstić information content (AvgIpc) is 2.32. The molecule has 2 atom stereocenters. The van der Waals surface area contributed by atoms with Crippen LogP contribution in [0.2, 0.25) is 5.02 Å². The lowest BCUT2D eigenvalue weighted by atomic mass is 10.1. The zero-order valence-electron chi connectivity index (χ0n) is 10.5. The molecule has 2 unspecified atom stereocenters. The van der Waals surface area contributed by atoms with Gasteiger partial charge in [0, 0.05) is 27.6 Å². The molecule has 0 amide bonds. The summed E-state index contributed by atoms with van der Waals surface area (Å²) in [6.07, 6.45) is 1.12. The van der Waals surface area contributed by atoms with Crippen molar-refractivity contribution < 1.29 is 4.39 Å². The lowest BCUT2D eigenvalue weighted by Crippen LogP contribution is -2.21. The normalized spacial score (nSPS) is 14.6. The fraction of sp³-hybridized carbons (Fsp3) is 0.538. The molecular formula is C13H19ClFNS. The minimum atomic E-state index is -0.235.